The Hall–Kier alpha value is -2.70. The second-order valence-corrected chi connectivity index (χ2v) is 6.74. The van der Waals surface area contributed by atoms with Crippen LogP contribution in [0.4, 0.5) is 0 Å². The van der Waals surface area contributed by atoms with Crippen LogP contribution in [0.5, 0.6) is 0 Å². The lowest BCUT2D eigenvalue weighted by Gasteiger charge is -2.32. The highest BCUT2D eigenvalue weighted by atomic mass is 16.5. The first kappa shape index (κ1) is 19.6. The summed E-state index contributed by atoms with van der Waals surface area (Å²) < 4.78 is 5.36. The van der Waals surface area contributed by atoms with Crippen LogP contribution < -0.4 is 0 Å². The minimum absolute atomic E-state index is 0.0179. The predicted molar refractivity (Wildman–Crippen MR) is 98.1 cm³/mol. The molecule has 7 heteroatoms. The number of nitrogens with zero attached hydrogens (tertiary/aromatic N) is 4. The van der Waals surface area contributed by atoms with E-state index in [0.29, 0.717) is 5.69 Å². The van der Waals surface area contributed by atoms with Crippen molar-refractivity contribution in [2.45, 2.75) is 59.7 Å². The number of ether oxygens (including phenoxy) is 1. The molecule has 1 amide bonds. The van der Waals surface area contributed by atoms with E-state index in [0.717, 1.165) is 5.69 Å². The second-order valence-electron chi connectivity index (χ2n) is 6.74. The van der Waals surface area contributed by atoms with Gasteiger partial charge in [0.05, 0.1) is 11.4 Å². The highest BCUT2D eigenvalue weighted by Gasteiger charge is 2.29. The third-order valence-electron chi connectivity index (χ3n) is 3.96. The van der Waals surface area contributed by atoms with Gasteiger partial charge in [0, 0.05) is 12.1 Å². The van der Waals surface area contributed by atoms with Gasteiger partial charge in [-0.2, -0.15) is 9.90 Å². The summed E-state index contributed by atoms with van der Waals surface area (Å²) in [6.07, 6.45) is -0.895. The van der Waals surface area contributed by atoms with Gasteiger partial charge < -0.3 is 9.64 Å². The van der Waals surface area contributed by atoms with Gasteiger partial charge in [0.15, 0.2) is 11.8 Å². The van der Waals surface area contributed by atoms with Gasteiger partial charge >= 0.3 is 5.97 Å². The molecule has 7 nitrogen and oxygen atoms in total. The van der Waals surface area contributed by atoms with E-state index in [4.69, 9.17) is 4.74 Å². The Bertz CT molecular complexity index is 760. The van der Waals surface area contributed by atoms with Crippen LogP contribution in [0.3, 0.4) is 0 Å². The van der Waals surface area contributed by atoms with Gasteiger partial charge in [0.25, 0.3) is 5.91 Å². The van der Waals surface area contributed by atoms with Crippen LogP contribution in [0.1, 0.15) is 50.8 Å². The normalized spacial score (nSPS) is 12.3. The third-order valence-corrected chi connectivity index (χ3v) is 3.96. The lowest BCUT2D eigenvalue weighted by atomic mass is 10.2. The average molecular weight is 358 g/mol. The number of aromatic nitrogens is 3. The minimum Gasteiger partial charge on any atom is -0.448 e. The molecule has 26 heavy (non-hydrogen) atoms. The molecule has 1 atom stereocenters. The van der Waals surface area contributed by atoms with Gasteiger partial charge in [-0.25, -0.2) is 4.79 Å². The fourth-order valence-corrected chi connectivity index (χ4v) is 2.83. The zero-order valence-electron chi connectivity index (χ0n) is 16.1. The molecule has 140 valence electrons. The van der Waals surface area contributed by atoms with Gasteiger partial charge in [-0.3, -0.25) is 4.79 Å². The third kappa shape index (κ3) is 4.28. The van der Waals surface area contributed by atoms with Crippen LogP contribution in [-0.4, -0.2) is 50.0 Å². The summed E-state index contributed by atoms with van der Waals surface area (Å²) in [5.74, 6) is -0.880. The molecule has 1 aromatic heterocycles. The Kier molecular flexibility index (Phi) is 6.13. The van der Waals surface area contributed by atoms with Crippen LogP contribution >= 0.6 is 0 Å². The number of hydrogen-bond acceptors (Lipinski definition) is 5. The van der Waals surface area contributed by atoms with E-state index in [-0.39, 0.29) is 23.7 Å². The van der Waals surface area contributed by atoms with Gasteiger partial charge in [-0.05, 0) is 53.7 Å². The van der Waals surface area contributed by atoms with Crippen molar-refractivity contribution in [2.75, 3.05) is 0 Å². The maximum Gasteiger partial charge on any atom is 0.361 e. The smallest absolute Gasteiger partial charge is 0.361 e. The molecule has 0 N–H and O–H groups in total. The number of para-hydroxylation sites is 1. The number of benzene rings is 1. The van der Waals surface area contributed by atoms with Crippen molar-refractivity contribution in [1.29, 1.82) is 0 Å². The average Bonchev–Trinajstić information content (AvgIpc) is 2.96. The molecule has 0 saturated carbocycles. The van der Waals surface area contributed by atoms with E-state index in [9.17, 15) is 9.59 Å². The fraction of sp³-hybridized carbons (Fsp3) is 0.474. The molecular weight excluding hydrogens is 332 g/mol. The molecule has 2 rings (SSSR count). The topological polar surface area (TPSA) is 77.3 Å². The maximum atomic E-state index is 12.6. The van der Waals surface area contributed by atoms with E-state index in [1.807, 2.05) is 58.0 Å². The first-order valence-electron chi connectivity index (χ1n) is 8.75. The number of rotatable bonds is 6. The van der Waals surface area contributed by atoms with Crippen molar-refractivity contribution in [2.24, 2.45) is 0 Å². The monoisotopic (exact) mass is 358 g/mol. The summed E-state index contributed by atoms with van der Waals surface area (Å²) in [6.45, 7) is 11.0. The molecular formula is C19H26N4O3. The molecule has 2 aromatic rings. The van der Waals surface area contributed by atoms with Crippen LogP contribution in [-0.2, 0) is 9.53 Å². The minimum atomic E-state index is -0.895. The van der Waals surface area contributed by atoms with E-state index in [2.05, 4.69) is 10.2 Å². The first-order chi connectivity index (χ1) is 12.2. The van der Waals surface area contributed by atoms with Gasteiger partial charge in [-0.15, -0.1) is 5.10 Å². The van der Waals surface area contributed by atoms with Crippen LogP contribution in [0.25, 0.3) is 5.69 Å². The molecule has 0 unspecified atom stereocenters. The Balaban J connectivity index is 2.15. The lowest BCUT2D eigenvalue weighted by Crippen LogP contribution is -2.47. The van der Waals surface area contributed by atoms with E-state index >= 15 is 0 Å². The lowest BCUT2D eigenvalue weighted by molar-refractivity contribution is -0.143. The molecule has 0 aliphatic rings. The molecule has 0 saturated heterocycles. The Morgan fingerprint density at radius 1 is 1.00 bits per heavy atom. The highest BCUT2D eigenvalue weighted by Crippen LogP contribution is 2.13. The molecule has 0 spiro atoms. The number of hydrogen-bond donors (Lipinski definition) is 0. The van der Waals surface area contributed by atoms with Crippen LogP contribution in [0, 0.1) is 6.92 Å². The summed E-state index contributed by atoms with van der Waals surface area (Å²) in [5, 5.41) is 8.47. The summed E-state index contributed by atoms with van der Waals surface area (Å²) in [6, 6.07) is 9.32. The van der Waals surface area contributed by atoms with Crippen molar-refractivity contribution in [3.8, 4) is 5.69 Å². The van der Waals surface area contributed by atoms with Gasteiger partial charge in [0.2, 0.25) is 0 Å². The molecule has 0 radical (unpaired) electrons. The molecule has 1 heterocycles. The number of carbonyl (C=O) groups excluding carboxylic acids is 2. The number of carbonyl (C=O) groups is 2. The Morgan fingerprint density at radius 2 is 1.58 bits per heavy atom. The molecule has 1 aromatic carbocycles. The van der Waals surface area contributed by atoms with Gasteiger partial charge in [0.1, 0.15) is 0 Å². The largest absolute Gasteiger partial charge is 0.448 e. The summed E-state index contributed by atoms with van der Waals surface area (Å²) in [5.41, 5.74) is 1.29. The fourth-order valence-electron chi connectivity index (χ4n) is 2.83. The van der Waals surface area contributed by atoms with Crippen LogP contribution in [0.2, 0.25) is 0 Å². The molecule has 0 aliphatic heterocycles. The molecule has 0 fully saturated rings. The van der Waals surface area contributed by atoms with E-state index in [1.165, 1.54) is 4.80 Å². The zero-order chi connectivity index (χ0) is 19.4. The van der Waals surface area contributed by atoms with E-state index in [1.54, 1.807) is 18.7 Å². The van der Waals surface area contributed by atoms with Crippen molar-refractivity contribution in [3.63, 3.8) is 0 Å². The number of esters is 1. The first-order valence-corrected chi connectivity index (χ1v) is 8.75. The van der Waals surface area contributed by atoms with Crippen molar-refractivity contribution < 1.29 is 14.3 Å². The van der Waals surface area contributed by atoms with Crippen molar-refractivity contribution in [1.82, 2.24) is 19.9 Å². The quantitative estimate of drug-likeness (QED) is 0.742. The summed E-state index contributed by atoms with van der Waals surface area (Å²) >= 11 is 0. The van der Waals surface area contributed by atoms with Crippen LogP contribution in [0.15, 0.2) is 30.3 Å². The SMILES string of the molecule is Cc1nn(-c2ccccc2)nc1C(=O)O[C@@H](C)C(=O)N(C(C)C)C(C)C. The molecule has 0 bridgehead atoms. The standard InChI is InChI=1S/C19H26N4O3/c1-12(2)22(13(3)4)18(24)15(6)26-19(25)17-14(5)20-23(21-17)16-10-8-7-9-11-16/h7-13,15H,1-6H3/t15-/m0/s1. The summed E-state index contributed by atoms with van der Waals surface area (Å²) in [4.78, 5) is 28.2. The number of amides is 1. The Labute approximate surface area is 153 Å². The highest BCUT2D eigenvalue weighted by molar-refractivity contribution is 5.91. The Morgan fingerprint density at radius 3 is 2.12 bits per heavy atom. The second kappa shape index (κ2) is 8.12. The van der Waals surface area contributed by atoms with Gasteiger partial charge in [-0.1, -0.05) is 18.2 Å². The van der Waals surface area contributed by atoms with Crippen molar-refractivity contribution >= 4 is 11.9 Å². The zero-order valence-corrected chi connectivity index (χ0v) is 16.1. The van der Waals surface area contributed by atoms with Crippen molar-refractivity contribution in [3.05, 3.63) is 41.7 Å². The van der Waals surface area contributed by atoms with E-state index < -0.39 is 12.1 Å². The molecule has 0 aliphatic carbocycles. The maximum absolute atomic E-state index is 12.6. The predicted octanol–water partition coefficient (Wildman–Crippen LogP) is 2.77. The summed E-state index contributed by atoms with van der Waals surface area (Å²) in [7, 11) is 0. The number of aryl methyl sites for hydroxylation is 1.